The fraction of sp³-hybridized carbons (Fsp3) is 0.667. The topological polar surface area (TPSA) is 9.23 Å². The van der Waals surface area contributed by atoms with Crippen LogP contribution in [0.4, 0.5) is 0 Å². The molecule has 0 fully saturated rings. The van der Waals surface area contributed by atoms with E-state index in [9.17, 15) is 0 Å². The summed E-state index contributed by atoms with van der Waals surface area (Å²) in [6, 6.07) is 0. The summed E-state index contributed by atoms with van der Waals surface area (Å²) in [6.45, 7) is 7.17. The van der Waals surface area contributed by atoms with Crippen molar-refractivity contribution in [1.82, 2.24) is 0 Å². The maximum absolute atomic E-state index is 5.14. The Hall–Kier alpha value is -0.300. The van der Waals surface area contributed by atoms with Crippen molar-refractivity contribution in [3.63, 3.8) is 0 Å². The van der Waals surface area contributed by atoms with Gasteiger partial charge in [-0.3, -0.25) is 0 Å². The number of methoxy groups -OCH3 is 1. The molecule has 0 aliphatic heterocycles. The monoisotopic (exact) mass is 99.1 g/mol. The lowest BCUT2D eigenvalue weighted by molar-refractivity contribution is 0.138. The van der Waals surface area contributed by atoms with Crippen LogP contribution in [0.25, 0.3) is 0 Å². The second kappa shape index (κ2) is 3.88. The van der Waals surface area contributed by atoms with Crippen LogP contribution in [0, 0.1) is 6.58 Å². The Morgan fingerprint density at radius 2 is 2.43 bits per heavy atom. The molecule has 41 valence electrons. The SMILES string of the molecule is [CH]=CC(CC)OC. The Bertz CT molecular complexity index is 46.1. The Morgan fingerprint density at radius 1 is 1.86 bits per heavy atom. The summed E-state index contributed by atoms with van der Waals surface area (Å²) in [5.41, 5.74) is 0. The van der Waals surface area contributed by atoms with Gasteiger partial charge in [-0.1, -0.05) is 19.6 Å². The maximum Gasteiger partial charge on any atom is 0.0752 e. The third-order valence-electron chi connectivity index (χ3n) is 0.920. The van der Waals surface area contributed by atoms with Crippen LogP contribution < -0.4 is 0 Å². The van der Waals surface area contributed by atoms with Crippen molar-refractivity contribution in [1.29, 1.82) is 0 Å². The van der Waals surface area contributed by atoms with Crippen molar-refractivity contribution in [2.75, 3.05) is 7.11 Å². The third-order valence-corrected chi connectivity index (χ3v) is 0.920. The van der Waals surface area contributed by atoms with Gasteiger partial charge in [-0.05, 0) is 6.42 Å². The molecule has 0 rings (SSSR count). The van der Waals surface area contributed by atoms with Gasteiger partial charge in [0, 0.05) is 7.11 Å². The third kappa shape index (κ3) is 2.40. The van der Waals surface area contributed by atoms with E-state index in [0.717, 1.165) is 6.42 Å². The molecule has 0 heterocycles. The van der Waals surface area contributed by atoms with Crippen LogP contribution in [0.1, 0.15) is 13.3 Å². The van der Waals surface area contributed by atoms with Crippen molar-refractivity contribution in [2.45, 2.75) is 19.4 Å². The lowest BCUT2D eigenvalue weighted by atomic mass is 10.3. The van der Waals surface area contributed by atoms with Crippen molar-refractivity contribution < 1.29 is 4.74 Å². The minimum Gasteiger partial charge on any atom is -0.377 e. The molecule has 1 unspecified atom stereocenters. The summed E-state index contributed by atoms with van der Waals surface area (Å²) in [6.07, 6.45) is 2.65. The summed E-state index contributed by atoms with van der Waals surface area (Å²) in [4.78, 5) is 0. The second-order valence-electron chi connectivity index (χ2n) is 1.37. The predicted molar refractivity (Wildman–Crippen MR) is 30.0 cm³/mol. The van der Waals surface area contributed by atoms with Gasteiger partial charge in [0.1, 0.15) is 0 Å². The lowest BCUT2D eigenvalue weighted by Crippen LogP contribution is -2.02. The largest absolute Gasteiger partial charge is 0.377 e. The highest BCUT2D eigenvalue weighted by atomic mass is 16.5. The van der Waals surface area contributed by atoms with Crippen LogP contribution in [-0.4, -0.2) is 13.2 Å². The standard InChI is InChI=1S/C6H11O/c1-4-6(5-2)7-3/h1,4,6H,5H2,2-3H3. The van der Waals surface area contributed by atoms with Gasteiger partial charge in [-0.15, -0.1) is 0 Å². The zero-order valence-corrected chi connectivity index (χ0v) is 4.85. The molecule has 7 heavy (non-hydrogen) atoms. The van der Waals surface area contributed by atoms with Gasteiger partial charge >= 0.3 is 0 Å². The van der Waals surface area contributed by atoms with E-state index in [1.54, 1.807) is 13.2 Å². The van der Waals surface area contributed by atoms with E-state index in [0.29, 0.717) is 0 Å². The van der Waals surface area contributed by atoms with Gasteiger partial charge in [-0.25, -0.2) is 0 Å². The Balaban J connectivity index is 3.16. The van der Waals surface area contributed by atoms with Gasteiger partial charge in [0.25, 0.3) is 0 Å². The Kier molecular flexibility index (Phi) is 3.71. The average Bonchev–Trinajstić information content (AvgIpc) is 1.72. The fourth-order valence-electron chi connectivity index (χ4n) is 0.381. The molecule has 0 aliphatic rings. The maximum atomic E-state index is 5.14. The smallest absolute Gasteiger partial charge is 0.0752 e. The first-order valence-corrected chi connectivity index (χ1v) is 2.43. The number of ether oxygens (including phenoxy) is 1. The molecule has 1 heteroatoms. The molecule has 0 saturated carbocycles. The number of rotatable bonds is 3. The highest BCUT2D eigenvalue weighted by Crippen LogP contribution is 1.93. The van der Waals surface area contributed by atoms with E-state index in [-0.39, 0.29) is 6.10 Å². The summed E-state index contributed by atoms with van der Waals surface area (Å²) < 4.78 is 4.87. The normalized spacial score (nSPS) is 13.4. The first-order valence-electron chi connectivity index (χ1n) is 2.43. The zero-order chi connectivity index (χ0) is 5.70. The Labute approximate surface area is 45.0 Å². The molecular weight excluding hydrogens is 88.1 g/mol. The fourth-order valence-corrected chi connectivity index (χ4v) is 0.381. The van der Waals surface area contributed by atoms with Crippen LogP contribution in [0.2, 0.25) is 0 Å². The van der Waals surface area contributed by atoms with Gasteiger partial charge in [-0.2, -0.15) is 0 Å². The number of hydrogen-bond donors (Lipinski definition) is 0. The minimum absolute atomic E-state index is 0.139. The molecular formula is C6H11O. The summed E-state index contributed by atoms with van der Waals surface area (Å²) in [5, 5.41) is 0. The molecule has 1 nitrogen and oxygen atoms in total. The Morgan fingerprint density at radius 3 is 2.43 bits per heavy atom. The minimum atomic E-state index is 0.139. The highest BCUT2D eigenvalue weighted by Gasteiger charge is 1.92. The summed E-state index contributed by atoms with van der Waals surface area (Å²) in [5.74, 6) is 0. The molecule has 1 atom stereocenters. The van der Waals surface area contributed by atoms with Crippen molar-refractivity contribution >= 4 is 0 Å². The first-order chi connectivity index (χ1) is 3.35. The van der Waals surface area contributed by atoms with E-state index in [4.69, 9.17) is 11.3 Å². The van der Waals surface area contributed by atoms with Crippen molar-refractivity contribution in [3.8, 4) is 0 Å². The molecule has 1 radical (unpaired) electrons. The second-order valence-corrected chi connectivity index (χ2v) is 1.37. The van der Waals surface area contributed by atoms with E-state index in [1.807, 2.05) is 6.92 Å². The van der Waals surface area contributed by atoms with Crippen LogP contribution in [0.15, 0.2) is 6.08 Å². The van der Waals surface area contributed by atoms with E-state index >= 15 is 0 Å². The van der Waals surface area contributed by atoms with Gasteiger partial charge < -0.3 is 4.74 Å². The highest BCUT2D eigenvalue weighted by molar-refractivity contribution is 4.74. The van der Waals surface area contributed by atoms with E-state index in [1.165, 1.54) is 0 Å². The average molecular weight is 99.2 g/mol. The molecule has 0 aromatic rings. The summed E-state index contributed by atoms with van der Waals surface area (Å²) >= 11 is 0. The molecule has 0 N–H and O–H groups in total. The molecule has 0 spiro atoms. The zero-order valence-electron chi connectivity index (χ0n) is 4.85. The molecule has 0 aromatic carbocycles. The van der Waals surface area contributed by atoms with Gasteiger partial charge in [0.05, 0.1) is 6.10 Å². The molecule has 0 bridgehead atoms. The van der Waals surface area contributed by atoms with Gasteiger partial charge in [0.2, 0.25) is 0 Å². The molecule has 0 amide bonds. The number of hydrogen-bond acceptors (Lipinski definition) is 1. The molecule has 0 saturated heterocycles. The lowest BCUT2D eigenvalue weighted by Gasteiger charge is -2.03. The van der Waals surface area contributed by atoms with Crippen LogP contribution in [-0.2, 0) is 4.74 Å². The van der Waals surface area contributed by atoms with Crippen LogP contribution in [0.5, 0.6) is 0 Å². The first kappa shape index (κ1) is 6.70. The van der Waals surface area contributed by atoms with Crippen LogP contribution in [0.3, 0.4) is 0 Å². The van der Waals surface area contributed by atoms with Crippen LogP contribution >= 0.6 is 0 Å². The molecule has 0 aromatic heterocycles. The van der Waals surface area contributed by atoms with Gasteiger partial charge in [0.15, 0.2) is 0 Å². The predicted octanol–water partition coefficient (Wildman–Crippen LogP) is 1.40. The van der Waals surface area contributed by atoms with E-state index in [2.05, 4.69) is 0 Å². The van der Waals surface area contributed by atoms with E-state index < -0.39 is 0 Å². The quantitative estimate of drug-likeness (QED) is 0.519. The van der Waals surface area contributed by atoms with Crippen molar-refractivity contribution in [3.05, 3.63) is 12.7 Å². The molecule has 0 aliphatic carbocycles. The summed E-state index contributed by atoms with van der Waals surface area (Å²) in [7, 11) is 1.65. The van der Waals surface area contributed by atoms with Crippen molar-refractivity contribution in [2.24, 2.45) is 0 Å².